The average molecular weight is 238 g/mol. The van der Waals surface area contributed by atoms with Crippen molar-refractivity contribution in [1.82, 2.24) is 10.5 Å². The van der Waals surface area contributed by atoms with E-state index in [2.05, 4.69) is 24.3 Å². The van der Waals surface area contributed by atoms with Gasteiger partial charge in [-0.05, 0) is 26.2 Å². The van der Waals surface area contributed by atoms with Gasteiger partial charge in [-0.1, -0.05) is 31.8 Å². The normalized spacial score (nSPS) is 12.8. The second-order valence-corrected chi connectivity index (χ2v) is 5.02. The zero-order chi connectivity index (χ0) is 12.8. The number of hydrogen-bond donors (Lipinski definition) is 1. The number of aromatic nitrogens is 1. The minimum atomic E-state index is -0.154. The predicted molar refractivity (Wildman–Crippen MR) is 66.9 cm³/mol. The van der Waals surface area contributed by atoms with Crippen molar-refractivity contribution in [1.29, 1.82) is 0 Å². The number of nitrogens with zero attached hydrogens (tertiary/aromatic N) is 1. The van der Waals surface area contributed by atoms with Gasteiger partial charge >= 0.3 is 0 Å². The Morgan fingerprint density at radius 1 is 1.41 bits per heavy atom. The molecule has 0 aliphatic carbocycles. The molecular formula is C13H22N2O2. The molecule has 0 aliphatic heterocycles. The molecule has 1 heterocycles. The van der Waals surface area contributed by atoms with Crippen molar-refractivity contribution in [3.63, 3.8) is 0 Å². The molecule has 0 bridgehead atoms. The standard InChI is InChI=1S/C13H22N2O2/c1-9(2)6-5-7-10(3)14-13(16)12-8-11(4)17-15-12/h8-10H,5-7H2,1-4H3,(H,14,16). The Hall–Kier alpha value is -1.32. The zero-order valence-corrected chi connectivity index (χ0v) is 11.1. The van der Waals surface area contributed by atoms with Gasteiger partial charge in [-0.2, -0.15) is 0 Å². The Balaban J connectivity index is 2.31. The van der Waals surface area contributed by atoms with Crippen molar-refractivity contribution in [3.05, 3.63) is 17.5 Å². The topological polar surface area (TPSA) is 55.1 Å². The first kappa shape index (κ1) is 13.7. The van der Waals surface area contributed by atoms with Gasteiger partial charge in [0.1, 0.15) is 5.76 Å². The van der Waals surface area contributed by atoms with E-state index >= 15 is 0 Å². The highest BCUT2D eigenvalue weighted by Gasteiger charge is 2.13. The Morgan fingerprint density at radius 2 is 2.12 bits per heavy atom. The minimum absolute atomic E-state index is 0.154. The van der Waals surface area contributed by atoms with E-state index in [1.807, 2.05) is 6.92 Å². The third-order valence-electron chi connectivity index (χ3n) is 2.66. The molecule has 0 saturated carbocycles. The van der Waals surface area contributed by atoms with Crippen LogP contribution in [0.3, 0.4) is 0 Å². The molecule has 1 atom stereocenters. The summed E-state index contributed by atoms with van der Waals surface area (Å²) in [6, 6.07) is 1.83. The quantitative estimate of drug-likeness (QED) is 0.829. The van der Waals surface area contributed by atoms with Crippen LogP contribution >= 0.6 is 0 Å². The third kappa shape index (κ3) is 5.02. The monoisotopic (exact) mass is 238 g/mol. The van der Waals surface area contributed by atoms with Crippen LogP contribution in [0.2, 0.25) is 0 Å². The molecule has 0 fully saturated rings. The third-order valence-corrected chi connectivity index (χ3v) is 2.66. The first-order valence-corrected chi connectivity index (χ1v) is 6.23. The van der Waals surface area contributed by atoms with Crippen LogP contribution in [-0.2, 0) is 0 Å². The molecule has 96 valence electrons. The van der Waals surface area contributed by atoms with E-state index in [1.165, 1.54) is 6.42 Å². The van der Waals surface area contributed by atoms with Crippen LogP contribution in [0.25, 0.3) is 0 Å². The molecule has 4 nitrogen and oxygen atoms in total. The summed E-state index contributed by atoms with van der Waals surface area (Å²) in [6.45, 7) is 8.21. The predicted octanol–water partition coefficient (Wildman–Crippen LogP) is 2.93. The number of aryl methyl sites for hydroxylation is 1. The molecule has 0 aromatic carbocycles. The van der Waals surface area contributed by atoms with E-state index in [0.717, 1.165) is 18.8 Å². The molecule has 0 saturated heterocycles. The first-order chi connectivity index (χ1) is 7.99. The van der Waals surface area contributed by atoms with Gasteiger partial charge in [0, 0.05) is 12.1 Å². The highest BCUT2D eigenvalue weighted by atomic mass is 16.5. The Kier molecular flexibility index (Phi) is 5.19. The smallest absolute Gasteiger partial charge is 0.273 e. The molecule has 1 aromatic heterocycles. The van der Waals surface area contributed by atoms with E-state index in [1.54, 1.807) is 13.0 Å². The van der Waals surface area contributed by atoms with Gasteiger partial charge in [0.05, 0.1) is 0 Å². The molecule has 4 heteroatoms. The van der Waals surface area contributed by atoms with Crippen LogP contribution in [0.4, 0.5) is 0 Å². The lowest BCUT2D eigenvalue weighted by atomic mass is 10.0. The SMILES string of the molecule is Cc1cc(C(=O)NC(C)CCCC(C)C)no1. The molecule has 1 rings (SSSR count). The maximum atomic E-state index is 11.7. The summed E-state index contributed by atoms with van der Waals surface area (Å²) in [5, 5.41) is 6.61. The van der Waals surface area contributed by atoms with E-state index < -0.39 is 0 Å². The van der Waals surface area contributed by atoms with Crippen molar-refractivity contribution in [2.45, 2.75) is 53.0 Å². The summed E-state index contributed by atoms with van der Waals surface area (Å²) in [5.41, 5.74) is 0.359. The maximum Gasteiger partial charge on any atom is 0.273 e. The van der Waals surface area contributed by atoms with Crippen LogP contribution in [0.1, 0.15) is 56.3 Å². The maximum absolute atomic E-state index is 11.7. The van der Waals surface area contributed by atoms with E-state index in [-0.39, 0.29) is 11.9 Å². The lowest BCUT2D eigenvalue weighted by Crippen LogP contribution is -2.32. The van der Waals surface area contributed by atoms with Gasteiger partial charge in [-0.15, -0.1) is 0 Å². The Labute approximate surface area is 103 Å². The van der Waals surface area contributed by atoms with E-state index in [4.69, 9.17) is 4.52 Å². The van der Waals surface area contributed by atoms with E-state index in [9.17, 15) is 4.79 Å². The van der Waals surface area contributed by atoms with Crippen LogP contribution < -0.4 is 5.32 Å². The van der Waals surface area contributed by atoms with Gasteiger partial charge in [0.2, 0.25) is 0 Å². The lowest BCUT2D eigenvalue weighted by Gasteiger charge is -2.13. The van der Waals surface area contributed by atoms with Crippen LogP contribution in [0, 0.1) is 12.8 Å². The molecule has 17 heavy (non-hydrogen) atoms. The van der Waals surface area contributed by atoms with Gasteiger partial charge < -0.3 is 9.84 Å². The molecule has 0 aliphatic rings. The number of amides is 1. The summed E-state index contributed by atoms with van der Waals surface area (Å²) in [6.07, 6.45) is 3.33. The van der Waals surface area contributed by atoms with Crippen LogP contribution in [0.15, 0.2) is 10.6 Å². The average Bonchev–Trinajstić information content (AvgIpc) is 2.64. The second kappa shape index (κ2) is 6.42. The van der Waals surface area contributed by atoms with Crippen molar-refractivity contribution in [2.75, 3.05) is 0 Å². The molecule has 0 spiro atoms. The molecule has 1 unspecified atom stereocenters. The summed E-state index contributed by atoms with van der Waals surface area (Å²) in [7, 11) is 0. The number of rotatable bonds is 6. The van der Waals surface area contributed by atoms with Gasteiger partial charge in [0.25, 0.3) is 5.91 Å². The van der Waals surface area contributed by atoms with Crippen LogP contribution in [-0.4, -0.2) is 17.1 Å². The second-order valence-electron chi connectivity index (χ2n) is 5.02. The number of carbonyl (C=O) groups is 1. The number of carbonyl (C=O) groups excluding carboxylic acids is 1. The lowest BCUT2D eigenvalue weighted by molar-refractivity contribution is 0.0928. The van der Waals surface area contributed by atoms with Gasteiger partial charge in [-0.3, -0.25) is 4.79 Å². The van der Waals surface area contributed by atoms with Gasteiger partial charge in [-0.25, -0.2) is 0 Å². The van der Waals surface area contributed by atoms with Crippen molar-refractivity contribution >= 4 is 5.91 Å². The fourth-order valence-electron chi connectivity index (χ4n) is 1.68. The molecule has 1 aromatic rings. The molecule has 1 amide bonds. The van der Waals surface area contributed by atoms with Crippen LogP contribution in [0.5, 0.6) is 0 Å². The number of nitrogens with one attached hydrogen (secondary N) is 1. The van der Waals surface area contributed by atoms with Gasteiger partial charge in [0.15, 0.2) is 5.69 Å². The summed E-state index contributed by atoms with van der Waals surface area (Å²) >= 11 is 0. The van der Waals surface area contributed by atoms with E-state index in [0.29, 0.717) is 11.5 Å². The molecule has 0 radical (unpaired) electrons. The summed E-state index contributed by atoms with van der Waals surface area (Å²) in [4.78, 5) is 11.7. The Bertz CT molecular complexity index is 358. The highest BCUT2D eigenvalue weighted by molar-refractivity contribution is 5.92. The van der Waals surface area contributed by atoms with Crippen molar-refractivity contribution in [3.8, 4) is 0 Å². The summed E-state index contributed by atoms with van der Waals surface area (Å²) < 4.78 is 4.87. The molecule has 1 N–H and O–H groups in total. The fourth-order valence-corrected chi connectivity index (χ4v) is 1.68. The highest BCUT2D eigenvalue weighted by Crippen LogP contribution is 2.09. The van der Waals surface area contributed by atoms with Crippen molar-refractivity contribution in [2.24, 2.45) is 5.92 Å². The largest absolute Gasteiger partial charge is 0.361 e. The molecular weight excluding hydrogens is 216 g/mol. The Morgan fingerprint density at radius 3 is 2.65 bits per heavy atom. The fraction of sp³-hybridized carbons (Fsp3) is 0.692. The zero-order valence-electron chi connectivity index (χ0n) is 11.1. The first-order valence-electron chi connectivity index (χ1n) is 6.23. The summed E-state index contributed by atoms with van der Waals surface area (Å²) in [5.74, 6) is 1.22. The number of hydrogen-bond acceptors (Lipinski definition) is 3. The minimum Gasteiger partial charge on any atom is -0.361 e. The van der Waals surface area contributed by atoms with Crippen molar-refractivity contribution < 1.29 is 9.32 Å².